The maximum atomic E-state index is 12.0. The van der Waals surface area contributed by atoms with Gasteiger partial charge in [-0.3, -0.25) is 47.6 Å². The molecule has 10 aromatic carbocycles. The molecule has 0 spiro atoms. The number of fused-ring (bicyclic) bond motifs is 40. The Morgan fingerprint density at radius 2 is 0.721 bits per heavy atom. The summed E-state index contributed by atoms with van der Waals surface area (Å²) in [6, 6.07) is 105. The molecule has 136 heavy (non-hydrogen) atoms. The fourth-order valence-corrected chi connectivity index (χ4v) is 20.0. The van der Waals surface area contributed by atoms with Crippen molar-refractivity contribution in [2.75, 3.05) is 0 Å². The zero-order valence-corrected chi connectivity index (χ0v) is 88.8. The van der Waals surface area contributed by atoms with Crippen molar-refractivity contribution in [1.29, 1.82) is 5.26 Å². The number of rotatable bonds is 3. The number of hydrogen-bond donors (Lipinski definition) is 0. The second-order valence-corrected chi connectivity index (χ2v) is 43.7. The maximum absolute atomic E-state index is 12.0. The summed E-state index contributed by atoms with van der Waals surface area (Å²) in [5.41, 5.74) is 19.2. The normalized spacial score (nSPS) is 14.9. The van der Waals surface area contributed by atoms with E-state index in [1.165, 1.54) is 12.1 Å². The van der Waals surface area contributed by atoms with Gasteiger partial charge in [0.05, 0.1) is 28.1 Å². The predicted molar refractivity (Wildman–Crippen MR) is 516 cm³/mol. The van der Waals surface area contributed by atoms with E-state index in [1.54, 1.807) is 37.9 Å². The molecule has 21 nitrogen and oxygen atoms in total. The van der Waals surface area contributed by atoms with Crippen LogP contribution in [0.4, 0.5) is 5.69 Å². The molecule has 8 aromatic heterocycles. The van der Waals surface area contributed by atoms with E-state index in [0.29, 0.717) is 39.8 Å². The van der Waals surface area contributed by atoms with E-state index in [9.17, 15) is 15.4 Å². The maximum Gasteiger partial charge on any atom is 2.00 e. The molecule has 27 heteroatoms. The summed E-state index contributed by atoms with van der Waals surface area (Å²) in [7, 11) is -2.00. The van der Waals surface area contributed by atoms with Crippen molar-refractivity contribution in [1.82, 2.24) is 78.2 Å². The molecule has 690 valence electrons. The fraction of sp³-hybridized carbons (Fsp3) is 0.220. The molecule has 32 bridgehead atoms. The van der Waals surface area contributed by atoms with Crippen LogP contribution in [0.15, 0.2) is 284 Å². The molecule has 0 fully saturated rings. The first-order chi connectivity index (χ1) is 63.0. The standard InChI is InChI=1S/C33H24N4S.C32H34N6O2.C23H22N4Si.C21H16N4O.4Pt/c1-33(2)25-15-9-17-27(19-25)36-21-29(23-11-5-3-6-12-23)31(34-36)38-32-30(24-13-7-4-8-14-24)22-37(35-32)28-18-10-16-26(33)20-28;1-29(2,3)26-19-37-23-13-20(18-33)12-21(14-23)30(4,5)22-15-24(17-25(16-22)38(39)40)36-11-10-27(34-36)31(6,7)32(8,9)28(26)35-37;1-23(2)17-7-5-9-19(15-17)26-13-11-21(24-26)28(3,4)22-12-14-27(25-22)20-10-6-8-18(23)16-20;1-21(2)15-5-3-7-17(13-15)24-11-9-19(22-24)26-20-10-12-25(23-20)18-8-4-6-16(21)14-18;;;;/h3-18,21-22H,1-2H3;10-13,16-17,19H,1-9H3;5-14H,1-4H3;3-12H,1-2H3;;;;/q4*-2;4*+2. The zero-order chi connectivity index (χ0) is 92.3. The smallest absolute Gasteiger partial charge is 0.417 e. The Bertz CT molecular complexity index is 7230. The van der Waals surface area contributed by atoms with Crippen molar-refractivity contribution in [3.05, 3.63) is 400 Å². The molecule has 0 saturated carbocycles. The summed E-state index contributed by atoms with van der Waals surface area (Å²) in [5, 5.41) is 65.1. The van der Waals surface area contributed by atoms with E-state index in [1.807, 2.05) is 129 Å². The molecule has 0 radical (unpaired) electrons. The predicted octanol–water partition coefficient (Wildman–Crippen LogP) is 21.6. The SMILES string of the molecule is CC(C)(C)c1cn2nc1C(C)(C)C(C)(C)c1ccn(n1)-c1[c-]c(cc([N+](=O)[O-])c1)C(C)(C)c1[c-]c-2cc(C#N)c1.CC1(C)c2[c-]c(ccc2)-n2cc(-c3ccccc3)c(n2)Sc2nn(cc2-c2ccccc2)-c2[c-]c1ccc2.CC1(C)c2[c-]c(ccc2)-n2ccc(n2)Oc2ccn(n2)-c2[c-]c1ccc2.CC1(C)c2[c-]c(ccc2)-n2ccc(n2)[Si](C)(C)c2ccn(n2)-c2[c-]c1ccc2.[Pt+2].[Pt+2].[Pt+2].[Pt+2]. The van der Waals surface area contributed by atoms with Crippen LogP contribution in [0.3, 0.4) is 0 Å². The Kier molecular flexibility index (Phi) is 27.3. The number of non-ortho nitro benzene ring substituents is 1. The minimum Gasteiger partial charge on any atom is -0.417 e. The summed E-state index contributed by atoms with van der Waals surface area (Å²) in [5.74, 6) is 0.978. The first-order valence-electron chi connectivity index (χ1n) is 43.9. The second kappa shape index (κ2) is 37.8. The summed E-state index contributed by atoms with van der Waals surface area (Å²) >= 11 is 1.59. The van der Waals surface area contributed by atoms with Crippen LogP contribution in [0.2, 0.25) is 13.1 Å². The van der Waals surface area contributed by atoms with E-state index in [0.717, 1.165) is 127 Å². The number of hydrogen-bond acceptors (Lipinski definition) is 13. The van der Waals surface area contributed by atoms with Crippen molar-refractivity contribution in [3.63, 3.8) is 0 Å². The molecule has 22 rings (SSSR count). The van der Waals surface area contributed by atoms with Crippen LogP contribution >= 0.6 is 11.8 Å². The quantitative estimate of drug-likeness (QED) is 0.0696. The molecular weight excluding hydrogens is 2450 g/mol. The summed E-state index contributed by atoms with van der Waals surface area (Å²) in [6.45, 7) is 36.9. The third-order valence-corrected chi connectivity index (χ3v) is 30.6. The van der Waals surface area contributed by atoms with E-state index in [4.69, 9.17) is 35.3 Å². The average Bonchev–Trinajstić information content (AvgIpc) is 1.58. The van der Waals surface area contributed by atoms with Gasteiger partial charge in [0.2, 0.25) is 11.8 Å². The van der Waals surface area contributed by atoms with Crippen LogP contribution in [-0.2, 0) is 122 Å². The van der Waals surface area contributed by atoms with E-state index in [2.05, 4.69) is 326 Å². The molecule has 4 aliphatic heterocycles. The minimum atomic E-state index is -2.00. The average molecular weight is 2550 g/mol. The van der Waals surface area contributed by atoms with Gasteiger partial charge in [0.15, 0.2) is 13.8 Å². The minimum absolute atomic E-state index is 0. The Morgan fingerprint density at radius 1 is 0.375 bits per heavy atom. The Hall–Kier alpha value is -12.1. The molecule has 0 amide bonds. The monoisotopic (exact) mass is 2540 g/mol. The number of aromatic nitrogens is 16. The Morgan fingerprint density at radius 3 is 1.12 bits per heavy atom. The summed E-state index contributed by atoms with van der Waals surface area (Å²) in [4.78, 5) is 11.6. The van der Waals surface area contributed by atoms with Gasteiger partial charge in [-0.15, -0.1) is 64.3 Å². The van der Waals surface area contributed by atoms with Crippen LogP contribution in [0, 0.1) is 70.0 Å². The molecule has 0 N–H and O–H groups in total. The third-order valence-electron chi connectivity index (χ3n) is 26.5. The van der Waals surface area contributed by atoms with Crippen molar-refractivity contribution >= 4 is 36.2 Å². The Balaban J connectivity index is 0.000000138. The van der Waals surface area contributed by atoms with Crippen LogP contribution < -0.4 is 15.4 Å². The van der Waals surface area contributed by atoms with Crippen LogP contribution in [0.5, 0.6) is 11.8 Å². The summed E-state index contributed by atoms with van der Waals surface area (Å²) in [6.07, 6.45) is 15.9. The van der Waals surface area contributed by atoms with Crippen molar-refractivity contribution < 1.29 is 93.9 Å². The number of nitriles is 1. The molecule has 12 heterocycles. The largest absolute Gasteiger partial charge is 2.00 e. The second-order valence-electron chi connectivity index (χ2n) is 38.5. The molecular formula is C109H96N18O3Pt4SSi. The van der Waals surface area contributed by atoms with E-state index in [-0.39, 0.29) is 112 Å². The van der Waals surface area contributed by atoms with E-state index < -0.39 is 29.2 Å². The van der Waals surface area contributed by atoms with Crippen LogP contribution in [-0.4, -0.2) is 91.2 Å². The first kappa shape index (κ1) is 98.4. The van der Waals surface area contributed by atoms with E-state index >= 15 is 0 Å². The molecule has 0 aliphatic carbocycles. The van der Waals surface area contributed by atoms with Gasteiger partial charge in [0.1, 0.15) is 10.1 Å². The van der Waals surface area contributed by atoms with Crippen molar-refractivity contribution in [3.8, 4) is 85.6 Å². The summed E-state index contributed by atoms with van der Waals surface area (Å²) < 4.78 is 20.5. The fourth-order valence-electron chi connectivity index (χ4n) is 17.1. The van der Waals surface area contributed by atoms with Crippen LogP contribution in [0.1, 0.15) is 171 Å². The van der Waals surface area contributed by atoms with Crippen LogP contribution in [0.25, 0.3) is 67.8 Å². The zero-order valence-electron chi connectivity index (χ0n) is 77.9. The van der Waals surface area contributed by atoms with Crippen molar-refractivity contribution in [2.24, 2.45) is 0 Å². The number of nitro benzene ring substituents is 1. The van der Waals surface area contributed by atoms with Gasteiger partial charge in [-0.05, 0) is 119 Å². The van der Waals surface area contributed by atoms with Gasteiger partial charge in [-0.25, -0.2) is 0 Å². The van der Waals surface area contributed by atoms with Gasteiger partial charge in [-0.1, -0.05) is 195 Å². The van der Waals surface area contributed by atoms with Gasteiger partial charge in [0.25, 0.3) is 0 Å². The molecule has 0 saturated heterocycles. The van der Waals surface area contributed by atoms with Gasteiger partial charge < -0.3 is 4.74 Å². The number of nitro groups is 1. The van der Waals surface area contributed by atoms with Gasteiger partial charge in [0, 0.05) is 88.6 Å². The number of nitrogens with zero attached hydrogens (tertiary/aromatic N) is 18. The van der Waals surface area contributed by atoms with Crippen molar-refractivity contribution in [2.45, 2.75) is 165 Å². The van der Waals surface area contributed by atoms with Gasteiger partial charge in [-0.2, -0.15) is 196 Å². The molecule has 4 aliphatic rings. The molecule has 0 atom stereocenters. The molecule has 18 aromatic rings. The number of ether oxygens (including phenoxy) is 1. The number of benzene rings is 10. The Labute approximate surface area is 856 Å². The first-order valence-corrected chi connectivity index (χ1v) is 47.8. The van der Waals surface area contributed by atoms with Gasteiger partial charge >= 0.3 is 84.3 Å². The molecule has 0 unspecified atom stereocenters. The third kappa shape index (κ3) is 18.5. The topological polar surface area (TPSA) is 219 Å².